The fourth-order valence-corrected chi connectivity index (χ4v) is 3.02. The Bertz CT molecular complexity index is 443. The van der Waals surface area contributed by atoms with E-state index in [1.807, 2.05) is 0 Å². The third-order valence-corrected chi connectivity index (χ3v) is 4.61. The van der Waals surface area contributed by atoms with Crippen LogP contribution in [-0.4, -0.2) is 35.6 Å². The van der Waals surface area contributed by atoms with E-state index in [2.05, 4.69) is 56.2 Å². The van der Waals surface area contributed by atoms with Gasteiger partial charge in [0.2, 0.25) is 5.95 Å². The smallest absolute Gasteiger partial charge is 0.229 e. The van der Waals surface area contributed by atoms with Crippen LogP contribution < -0.4 is 15.5 Å². The molecule has 5 nitrogen and oxygen atoms in total. The van der Waals surface area contributed by atoms with Crippen LogP contribution in [0, 0.1) is 0 Å². The summed E-state index contributed by atoms with van der Waals surface area (Å²) in [5, 5.41) is 6.99. The van der Waals surface area contributed by atoms with Crippen molar-refractivity contribution in [1.82, 2.24) is 9.97 Å². The predicted molar refractivity (Wildman–Crippen MR) is 115 cm³/mol. The Balaban J connectivity index is 2.74. The summed E-state index contributed by atoms with van der Waals surface area (Å²) >= 11 is 0. The van der Waals surface area contributed by atoms with E-state index in [0.29, 0.717) is 6.04 Å². The quantitative estimate of drug-likeness (QED) is 0.392. The average Bonchev–Trinajstić information content (AvgIpc) is 2.61. The Labute approximate surface area is 161 Å². The lowest BCUT2D eigenvalue weighted by Crippen LogP contribution is -2.32. The number of hydrogen-bond acceptors (Lipinski definition) is 5. The van der Waals surface area contributed by atoms with Crippen LogP contribution in [-0.2, 0) is 0 Å². The molecule has 150 valence electrons. The lowest BCUT2D eigenvalue weighted by Gasteiger charge is -2.26. The molecular weight excluding hydrogens is 322 g/mol. The second kappa shape index (κ2) is 13.7. The van der Waals surface area contributed by atoms with Crippen molar-refractivity contribution in [1.29, 1.82) is 0 Å². The van der Waals surface area contributed by atoms with Crippen LogP contribution >= 0.6 is 0 Å². The Morgan fingerprint density at radius 2 is 1.31 bits per heavy atom. The minimum Gasteiger partial charge on any atom is -0.370 e. The lowest BCUT2D eigenvalue weighted by molar-refractivity contribution is 0.674. The molecule has 5 heteroatoms. The number of anilines is 3. The van der Waals surface area contributed by atoms with Crippen molar-refractivity contribution in [2.24, 2.45) is 0 Å². The molecule has 0 aromatic carbocycles. The summed E-state index contributed by atoms with van der Waals surface area (Å²) in [5.41, 5.74) is 0. The van der Waals surface area contributed by atoms with E-state index in [9.17, 15) is 0 Å². The zero-order chi connectivity index (χ0) is 19.2. The van der Waals surface area contributed by atoms with Gasteiger partial charge in [0.05, 0.1) is 0 Å². The van der Waals surface area contributed by atoms with Gasteiger partial charge in [0.15, 0.2) is 0 Å². The first kappa shape index (κ1) is 22.5. The Morgan fingerprint density at radius 3 is 1.69 bits per heavy atom. The van der Waals surface area contributed by atoms with Gasteiger partial charge in [-0.2, -0.15) is 9.97 Å². The molecule has 0 bridgehead atoms. The number of rotatable bonds is 15. The summed E-state index contributed by atoms with van der Waals surface area (Å²) in [6.07, 6.45) is 10.1. The van der Waals surface area contributed by atoms with Gasteiger partial charge in [-0.3, -0.25) is 0 Å². The SMILES string of the molecule is CCCCCCNc1cc(NCCCCCC)nc(N(CC)C(C)C)n1. The molecular formula is C21H41N5. The molecule has 2 N–H and O–H groups in total. The van der Waals surface area contributed by atoms with Crippen LogP contribution in [0.2, 0.25) is 0 Å². The molecule has 0 fully saturated rings. The summed E-state index contributed by atoms with van der Waals surface area (Å²) in [4.78, 5) is 11.8. The summed E-state index contributed by atoms with van der Waals surface area (Å²) in [7, 11) is 0. The van der Waals surface area contributed by atoms with Crippen LogP contribution in [0.25, 0.3) is 0 Å². The van der Waals surface area contributed by atoms with E-state index in [0.717, 1.165) is 37.2 Å². The molecule has 1 aromatic rings. The van der Waals surface area contributed by atoms with Crippen molar-refractivity contribution in [2.75, 3.05) is 35.2 Å². The molecule has 0 saturated heterocycles. The van der Waals surface area contributed by atoms with Gasteiger partial charge in [0, 0.05) is 31.7 Å². The first-order valence-electron chi connectivity index (χ1n) is 10.8. The van der Waals surface area contributed by atoms with Crippen molar-refractivity contribution < 1.29 is 0 Å². The predicted octanol–water partition coefficient (Wildman–Crippen LogP) is 5.70. The normalized spacial score (nSPS) is 11.0. The summed E-state index contributed by atoms with van der Waals surface area (Å²) in [5.74, 6) is 2.68. The van der Waals surface area contributed by atoms with Crippen molar-refractivity contribution in [2.45, 2.75) is 92.0 Å². The molecule has 1 aromatic heterocycles. The molecule has 0 aliphatic heterocycles. The van der Waals surface area contributed by atoms with E-state index in [4.69, 9.17) is 9.97 Å². The molecule has 0 aliphatic carbocycles. The van der Waals surface area contributed by atoms with Crippen molar-refractivity contribution in [3.8, 4) is 0 Å². The van der Waals surface area contributed by atoms with Crippen LogP contribution in [0.5, 0.6) is 0 Å². The minimum atomic E-state index is 0.386. The molecule has 0 radical (unpaired) electrons. The maximum absolute atomic E-state index is 4.77. The molecule has 26 heavy (non-hydrogen) atoms. The van der Waals surface area contributed by atoms with Gasteiger partial charge in [-0.05, 0) is 33.6 Å². The number of nitrogens with zero attached hydrogens (tertiary/aromatic N) is 3. The standard InChI is InChI=1S/C21H41N5/c1-6-9-11-13-15-22-19-17-20(23-16-14-12-10-7-2)25-21(24-19)26(8-3)18(4)5/h17-18H,6-16H2,1-5H3,(H2,22,23,24,25). The molecule has 0 unspecified atom stereocenters. The van der Waals surface area contributed by atoms with Gasteiger partial charge in [-0.25, -0.2) is 0 Å². The first-order valence-corrected chi connectivity index (χ1v) is 10.8. The largest absolute Gasteiger partial charge is 0.370 e. The highest BCUT2D eigenvalue weighted by Crippen LogP contribution is 2.19. The summed E-state index contributed by atoms with van der Waals surface area (Å²) < 4.78 is 0. The Morgan fingerprint density at radius 1 is 0.808 bits per heavy atom. The first-order chi connectivity index (χ1) is 12.6. The lowest BCUT2D eigenvalue weighted by atomic mass is 10.2. The monoisotopic (exact) mass is 363 g/mol. The highest BCUT2D eigenvalue weighted by molar-refractivity contribution is 5.53. The summed E-state index contributed by atoms with van der Waals surface area (Å²) in [6.45, 7) is 13.9. The number of hydrogen-bond donors (Lipinski definition) is 2. The molecule has 1 rings (SSSR count). The number of nitrogens with one attached hydrogen (secondary N) is 2. The van der Waals surface area contributed by atoms with Gasteiger partial charge < -0.3 is 15.5 Å². The molecule has 0 atom stereocenters. The van der Waals surface area contributed by atoms with Crippen LogP contribution in [0.15, 0.2) is 6.07 Å². The fourth-order valence-electron chi connectivity index (χ4n) is 3.02. The van der Waals surface area contributed by atoms with E-state index < -0.39 is 0 Å². The second-order valence-electron chi connectivity index (χ2n) is 7.29. The van der Waals surface area contributed by atoms with Crippen LogP contribution in [0.1, 0.15) is 86.0 Å². The molecule has 0 spiro atoms. The maximum atomic E-state index is 4.77. The van der Waals surface area contributed by atoms with Gasteiger partial charge >= 0.3 is 0 Å². The topological polar surface area (TPSA) is 53.1 Å². The zero-order valence-corrected chi connectivity index (χ0v) is 17.8. The zero-order valence-electron chi connectivity index (χ0n) is 17.8. The van der Waals surface area contributed by atoms with Gasteiger partial charge in [0.1, 0.15) is 11.6 Å². The second-order valence-corrected chi connectivity index (χ2v) is 7.29. The molecule has 1 heterocycles. The van der Waals surface area contributed by atoms with E-state index in [-0.39, 0.29) is 0 Å². The third kappa shape index (κ3) is 8.72. The Kier molecular flexibility index (Phi) is 11.8. The molecule has 0 amide bonds. The highest BCUT2D eigenvalue weighted by Gasteiger charge is 2.14. The van der Waals surface area contributed by atoms with Gasteiger partial charge in [-0.15, -0.1) is 0 Å². The van der Waals surface area contributed by atoms with E-state index >= 15 is 0 Å². The number of unbranched alkanes of at least 4 members (excludes halogenated alkanes) is 6. The summed E-state index contributed by atoms with van der Waals surface area (Å²) in [6, 6.07) is 2.44. The fraction of sp³-hybridized carbons (Fsp3) is 0.810. The van der Waals surface area contributed by atoms with Crippen molar-refractivity contribution >= 4 is 17.6 Å². The average molecular weight is 364 g/mol. The van der Waals surface area contributed by atoms with Crippen molar-refractivity contribution in [3.63, 3.8) is 0 Å². The third-order valence-electron chi connectivity index (χ3n) is 4.61. The highest BCUT2D eigenvalue weighted by atomic mass is 15.3. The van der Waals surface area contributed by atoms with E-state index in [1.54, 1.807) is 0 Å². The van der Waals surface area contributed by atoms with E-state index in [1.165, 1.54) is 51.4 Å². The number of aromatic nitrogens is 2. The minimum absolute atomic E-state index is 0.386. The van der Waals surface area contributed by atoms with Gasteiger partial charge in [0.25, 0.3) is 0 Å². The maximum Gasteiger partial charge on any atom is 0.229 e. The molecule has 0 saturated carbocycles. The van der Waals surface area contributed by atoms with Crippen molar-refractivity contribution in [3.05, 3.63) is 6.07 Å². The molecule has 0 aliphatic rings. The Hall–Kier alpha value is -1.52. The van der Waals surface area contributed by atoms with Crippen LogP contribution in [0.3, 0.4) is 0 Å². The van der Waals surface area contributed by atoms with Gasteiger partial charge in [-0.1, -0.05) is 52.4 Å². The van der Waals surface area contributed by atoms with Crippen LogP contribution in [0.4, 0.5) is 17.6 Å².